The largest absolute Gasteiger partial charge is 0.384 e. The summed E-state index contributed by atoms with van der Waals surface area (Å²) >= 11 is 6.01. The predicted octanol–water partition coefficient (Wildman–Crippen LogP) is 3.02. The van der Waals surface area contributed by atoms with Crippen molar-refractivity contribution in [2.24, 2.45) is 5.73 Å². The molecule has 0 spiro atoms. The number of hydrogen-bond acceptors (Lipinski definition) is 4. The third kappa shape index (κ3) is 4.56. The molecule has 4 nitrogen and oxygen atoms in total. The Morgan fingerprint density at radius 1 is 1.29 bits per heavy atom. The standard InChI is InChI=1S/C16H23ClN4/c1-19-13(3-2-8-18)6-9-20-15-7-10-21-16-11-12(17)4-5-14(15)16/h4-5,7,10-11,13,19H,2-3,6,8-9,18H2,1H3,(H,20,21). The number of nitrogens with two attached hydrogens (primary N) is 1. The van der Waals surface area contributed by atoms with Crippen molar-refractivity contribution in [3.63, 3.8) is 0 Å². The van der Waals surface area contributed by atoms with Crippen LogP contribution in [0.3, 0.4) is 0 Å². The highest BCUT2D eigenvalue weighted by atomic mass is 35.5. The van der Waals surface area contributed by atoms with Crippen LogP contribution in [0.1, 0.15) is 19.3 Å². The van der Waals surface area contributed by atoms with Crippen LogP contribution in [0.25, 0.3) is 10.9 Å². The summed E-state index contributed by atoms with van der Waals surface area (Å²) in [4.78, 5) is 4.35. The van der Waals surface area contributed by atoms with E-state index < -0.39 is 0 Å². The molecule has 4 N–H and O–H groups in total. The molecule has 5 heteroatoms. The van der Waals surface area contributed by atoms with Gasteiger partial charge < -0.3 is 16.4 Å². The highest BCUT2D eigenvalue weighted by Crippen LogP contribution is 2.24. The summed E-state index contributed by atoms with van der Waals surface area (Å²) < 4.78 is 0. The number of hydrogen-bond donors (Lipinski definition) is 3. The lowest BCUT2D eigenvalue weighted by atomic mass is 10.1. The molecule has 1 unspecified atom stereocenters. The zero-order valence-corrected chi connectivity index (χ0v) is 13.2. The van der Waals surface area contributed by atoms with Crippen molar-refractivity contribution in [1.29, 1.82) is 0 Å². The SMILES string of the molecule is CNC(CCCN)CCNc1ccnc2cc(Cl)ccc12. The molecule has 0 aliphatic heterocycles. The summed E-state index contributed by atoms with van der Waals surface area (Å²) in [5.74, 6) is 0. The predicted molar refractivity (Wildman–Crippen MR) is 91.0 cm³/mol. The van der Waals surface area contributed by atoms with Gasteiger partial charge in [-0.3, -0.25) is 4.98 Å². The van der Waals surface area contributed by atoms with Crippen molar-refractivity contribution in [2.45, 2.75) is 25.3 Å². The van der Waals surface area contributed by atoms with E-state index in [9.17, 15) is 0 Å². The number of anilines is 1. The van der Waals surface area contributed by atoms with Crippen LogP contribution in [0.5, 0.6) is 0 Å². The van der Waals surface area contributed by atoms with Gasteiger partial charge in [-0.1, -0.05) is 11.6 Å². The van der Waals surface area contributed by atoms with Crippen LogP contribution >= 0.6 is 11.6 Å². The van der Waals surface area contributed by atoms with Crippen LogP contribution in [-0.2, 0) is 0 Å². The molecule has 1 atom stereocenters. The Kier molecular flexibility index (Phi) is 6.23. The summed E-state index contributed by atoms with van der Waals surface area (Å²) in [5, 5.41) is 8.65. The summed E-state index contributed by atoms with van der Waals surface area (Å²) in [7, 11) is 2.00. The topological polar surface area (TPSA) is 63.0 Å². The maximum absolute atomic E-state index is 6.01. The van der Waals surface area contributed by atoms with Crippen molar-refractivity contribution >= 4 is 28.2 Å². The summed E-state index contributed by atoms with van der Waals surface area (Å²) in [5.41, 5.74) is 7.58. The minimum Gasteiger partial charge on any atom is -0.384 e. The summed E-state index contributed by atoms with van der Waals surface area (Å²) in [6.45, 7) is 1.67. The molecule has 1 aromatic heterocycles. The van der Waals surface area contributed by atoms with Gasteiger partial charge in [-0.2, -0.15) is 0 Å². The Bertz CT molecular complexity index is 573. The minimum absolute atomic E-state index is 0.503. The lowest BCUT2D eigenvalue weighted by Crippen LogP contribution is -2.28. The molecule has 2 aromatic rings. The van der Waals surface area contributed by atoms with Gasteiger partial charge in [0.2, 0.25) is 0 Å². The number of aromatic nitrogens is 1. The van der Waals surface area contributed by atoms with Gasteiger partial charge in [-0.05, 0) is 57.1 Å². The van der Waals surface area contributed by atoms with Gasteiger partial charge >= 0.3 is 0 Å². The van der Waals surface area contributed by atoms with Gasteiger partial charge in [0.1, 0.15) is 0 Å². The summed E-state index contributed by atoms with van der Waals surface area (Å²) in [6.07, 6.45) is 5.04. The molecule has 0 saturated heterocycles. The van der Waals surface area contributed by atoms with Crippen molar-refractivity contribution in [1.82, 2.24) is 10.3 Å². The molecule has 1 heterocycles. The van der Waals surface area contributed by atoms with E-state index in [0.717, 1.165) is 48.9 Å². The van der Waals surface area contributed by atoms with Crippen molar-refractivity contribution in [3.05, 3.63) is 35.5 Å². The number of rotatable bonds is 8. The molecule has 0 radical (unpaired) electrons. The molecule has 0 aliphatic rings. The highest BCUT2D eigenvalue weighted by molar-refractivity contribution is 6.31. The average Bonchev–Trinajstić information content (AvgIpc) is 2.50. The molecule has 0 amide bonds. The Morgan fingerprint density at radius 2 is 2.14 bits per heavy atom. The fraction of sp³-hybridized carbons (Fsp3) is 0.438. The van der Waals surface area contributed by atoms with Crippen LogP contribution < -0.4 is 16.4 Å². The maximum atomic E-state index is 6.01. The van der Waals surface area contributed by atoms with Gasteiger partial charge in [0.15, 0.2) is 0 Å². The van der Waals surface area contributed by atoms with E-state index in [4.69, 9.17) is 17.3 Å². The fourth-order valence-electron chi connectivity index (χ4n) is 2.45. The molecular weight excluding hydrogens is 284 g/mol. The Hall–Kier alpha value is -1.36. The number of pyridine rings is 1. The molecule has 114 valence electrons. The Balaban J connectivity index is 1.97. The molecule has 0 saturated carbocycles. The van der Waals surface area contributed by atoms with Gasteiger partial charge in [0, 0.05) is 34.9 Å². The van der Waals surface area contributed by atoms with E-state index in [0.29, 0.717) is 11.1 Å². The highest BCUT2D eigenvalue weighted by Gasteiger charge is 2.06. The first kappa shape index (κ1) is 16.0. The first-order chi connectivity index (χ1) is 10.2. The third-order valence-corrected chi connectivity index (χ3v) is 3.91. The Morgan fingerprint density at radius 3 is 2.90 bits per heavy atom. The lowest BCUT2D eigenvalue weighted by molar-refractivity contribution is 0.487. The van der Waals surface area contributed by atoms with E-state index in [-0.39, 0.29) is 0 Å². The van der Waals surface area contributed by atoms with Crippen molar-refractivity contribution in [3.8, 4) is 0 Å². The molecule has 21 heavy (non-hydrogen) atoms. The normalized spacial score (nSPS) is 12.5. The molecule has 0 aliphatic carbocycles. The monoisotopic (exact) mass is 306 g/mol. The molecular formula is C16H23ClN4. The minimum atomic E-state index is 0.503. The molecule has 0 fully saturated rings. The van der Waals surface area contributed by atoms with Gasteiger partial charge in [0.05, 0.1) is 5.52 Å². The summed E-state index contributed by atoms with van der Waals surface area (Å²) in [6, 6.07) is 8.30. The smallest absolute Gasteiger partial charge is 0.0737 e. The average molecular weight is 307 g/mol. The van der Waals surface area contributed by atoms with Gasteiger partial charge in [0.25, 0.3) is 0 Å². The maximum Gasteiger partial charge on any atom is 0.0737 e. The van der Waals surface area contributed by atoms with E-state index >= 15 is 0 Å². The van der Waals surface area contributed by atoms with Crippen LogP contribution in [0.2, 0.25) is 5.02 Å². The quantitative estimate of drug-likeness (QED) is 0.701. The second kappa shape index (κ2) is 8.17. The third-order valence-electron chi connectivity index (χ3n) is 3.68. The van der Waals surface area contributed by atoms with Crippen molar-refractivity contribution in [2.75, 3.05) is 25.5 Å². The Labute approximate surface area is 131 Å². The zero-order chi connectivity index (χ0) is 15.1. The molecule has 2 rings (SSSR count). The van der Waals surface area contributed by atoms with E-state index in [1.807, 2.05) is 37.5 Å². The number of benzene rings is 1. The number of halogens is 1. The van der Waals surface area contributed by atoms with E-state index in [1.165, 1.54) is 0 Å². The number of fused-ring (bicyclic) bond motifs is 1. The molecule has 0 bridgehead atoms. The second-order valence-electron chi connectivity index (χ2n) is 5.15. The van der Waals surface area contributed by atoms with Crippen molar-refractivity contribution < 1.29 is 0 Å². The van der Waals surface area contributed by atoms with Crippen LogP contribution in [-0.4, -0.2) is 31.2 Å². The van der Waals surface area contributed by atoms with Crippen LogP contribution in [0, 0.1) is 0 Å². The zero-order valence-electron chi connectivity index (χ0n) is 12.4. The van der Waals surface area contributed by atoms with E-state index in [1.54, 1.807) is 0 Å². The number of nitrogens with one attached hydrogen (secondary N) is 2. The fourth-order valence-corrected chi connectivity index (χ4v) is 2.62. The molecule has 1 aromatic carbocycles. The lowest BCUT2D eigenvalue weighted by Gasteiger charge is -2.17. The number of nitrogens with zero attached hydrogens (tertiary/aromatic N) is 1. The van der Waals surface area contributed by atoms with Crippen LogP contribution in [0.4, 0.5) is 5.69 Å². The first-order valence-electron chi connectivity index (χ1n) is 7.40. The van der Waals surface area contributed by atoms with Crippen LogP contribution in [0.15, 0.2) is 30.5 Å². The van der Waals surface area contributed by atoms with Gasteiger partial charge in [-0.15, -0.1) is 0 Å². The van der Waals surface area contributed by atoms with E-state index in [2.05, 4.69) is 15.6 Å². The van der Waals surface area contributed by atoms with Gasteiger partial charge in [-0.25, -0.2) is 0 Å². The first-order valence-corrected chi connectivity index (χ1v) is 7.78. The second-order valence-corrected chi connectivity index (χ2v) is 5.59.